The zero-order valence-corrected chi connectivity index (χ0v) is 8.84. The Morgan fingerprint density at radius 3 is 2.62 bits per heavy atom. The predicted molar refractivity (Wildman–Crippen MR) is 54.4 cm³/mol. The Labute approximate surface area is 90.9 Å². The number of halogens is 3. The van der Waals surface area contributed by atoms with Crippen LogP contribution in [0.5, 0.6) is 0 Å². The van der Waals surface area contributed by atoms with E-state index in [-0.39, 0.29) is 18.6 Å². The molecule has 0 aliphatic heterocycles. The van der Waals surface area contributed by atoms with Gasteiger partial charge < -0.3 is 9.88 Å². The quantitative estimate of drug-likeness (QED) is 0.797. The Morgan fingerprint density at radius 1 is 1.38 bits per heavy atom. The maximum atomic E-state index is 11.8. The largest absolute Gasteiger partial charge is 0.401 e. The Hall–Kier alpha value is -1.30. The molecule has 1 rings (SSSR count). The summed E-state index contributed by atoms with van der Waals surface area (Å²) in [4.78, 5) is 11.3. The van der Waals surface area contributed by atoms with E-state index in [9.17, 15) is 18.0 Å². The molecule has 1 heterocycles. The normalized spacial score (nSPS) is 11.8. The number of hydrogen-bond acceptors (Lipinski definition) is 2. The Morgan fingerprint density at radius 2 is 2.06 bits per heavy atom. The second kappa shape index (κ2) is 5.16. The van der Waals surface area contributed by atoms with Crippen molar-refractivity contribution in [3.05, 3.63) is 34.2 Å². The van der Waals surface area contributed by atoms with Crippen molar-refractivity contribution in [1.29, 1.82) is 0 Å². The van der Waals surface area contributed by atoms with Crippen LogP contribution in [0.4, 0.5) is 13.2 Å². The molecule has 90 valence electrons. The fraction of sp³-hybridized carbons (Fsp3) is 0.500. The molecule has 0 saturated carbocycles. The summed E-state index contributed by atoms with van der Waals surface area (Å²) < 4.78 is 36.9. The number of nitrogens with one attached hydrogen (secondary N) is 1. The number of aromatic nitrogens is 1. The highest BCUT2D eigenvalue weighted by Crippen LogP contribution is 2.11. The van der Waals surface area contributed by atoms with Crippen LogP contribution < -0.4 is 10.9 Å². The average Bonchev–Trinajstić information content (AvgIpc) is 2.14. The molecular weight excluding hydrogens is 221 g/mol. The Balaban J connectivity index is 2.47. The molecule has 1 aromatic rings. The molecule has 0 amide bonds. The van der Waals surface area contributed by atoms with E-state index in [4.69, 9.17) is 0 Å². The Kier molecular flexibility index (Phi) is 4.12. The minimum absolute atomic E-state index is 0.115. The number of alkyl halides is 3. The van der Waals surface area contributed by atoms with E-state index in [1.807, 2.05) is 0 Å². The van der Waals surface area contributed by atoms with Crippen LogP contribution in [0.3, 0.4) is 0 Å². The van der Waals surface area contributed by atoms with Crippen molar-refractivity contribution in [2.24, 2.45) is 0 Å². The average molecular weight is 234 g/mol. The van der Waals surface area contributed by atoms with Crippen LogP contribution in [0.2, 0.25) is 0 Å². The standard InChI is InChI=1S/C10H13F3N2O/c1-8-3-2-4-9(16)15(8)6-5-14-7-10(11,12)13/h2-4,14H,5-7H2,1H3. The van der Waals surface area contributed by atoms with Crippen LogP contribution in [0.15, 0.2) is 23.0 Å². The third kappa shape index (κ3) is 4.06. The highest BCUT2D eigenvalue weighted by Gasteiger charge is 2.25. The molecular formula is C10H13F3N2O. The first-order valence-electron chi connectivity index (χ1n) is 4.84. The molecule has 0 unspecified atom stereocenters. The SMILES string of the molecule is Cc1cccc(=O)n1CCNCC(F)(F)F. The maximum absolute atomic E-state index is 11.8. The van der Waals surface area contributed by atoms with Crippen LogP contribution in [0, 0.1) is 6.92 Å². The van der Waals surface area contributed by atoms with Gasteiger partial charge in [0.15, 0.2) is 0 Å². The van der Waals surface area contributed by atoms with E-state index in [0.717, 1.165) is 5.69 Å². The maximum Gasteiger partial charge on any atom is 0.401 e. The first-order valence-corrected chi connectivity index (χ1v) is 4.84. The number of rotatable bonds is 4. The summed E-state index contributed by atoms with van der Waals surface area (Å²) in [7, 11) is 0. The summed E-state index contributed by atoms with van der Waals surface area (Å²) in [6, 6.07) is 4.75. The van der Waals surface area contributed by atoms with Crippen molar-refractivity contribution in [1.82, 2.24) is 9.88 Å². The van der Waals surface area contributed by atoms with Gasteiger partial charge in [-0.05, 0) is 13.0 Å². The van der Waals surface area contributed by atoms with Crippen LogP contribution in [0.1, 0.15) is 5.69 Å². The van der Waals surface area contributed by atoms with Crippen LogP contribution in [-0.2, 0) is 6.54 Å². The Bertz CT molecular complexity index is 398. The molecule has 0 spiro atoms. The number of nitrogens with zero attached hydrogens (tertiary/aromatic N) is 1. The van der Waals surface area contributed by atoms with Gasteiger partial charge in [-0.3, -0.25) is 4.79 Å². The predicted octanol–water partition coefficient (Wildman–Crippen LogP) is 1.31. The molecule has 1 aromatic heterocycles. The summed E-state index contributed by atoms with van der Waals surface area (Å²) in [6.45, 7) is 1.06. The number of aryl methyl sites for hydroxylation is 1. The molecule has 0 radical (unpaired) electrons. The van der Waals surface area contributed by atoms with Crippen molar-refractivity contribution in [2.45, 2.75) is 19.6 Å². The summed E-state index contributed by atoms with van der Waals surface area (Å²) in [5, 5.41) is 2.24. The minimum Gasteiger partial charge on any atom is -0.312 e. The minimum atomic E-state index is -4.21. The van der Waals surface area contributed by atoms with Gasteiger partial charge in [0.1, 0.15) is 0 Å². The van der Waals surface area contributed by atoms with Crippen LogP contribution in [0.25, 0.3) is 0 Å². The fourth-order valence-electron chi connectivity index (χ4n) is 1.33. The lowest BCUT2D eigenvalue weighted by atomic mass is 10.3. The first-order chi connectivity index (χ1) is 7.40. The molecule has 0 saturated heterocycles. The van der Waals surface area contributed by atoms with E-state index in [0.29, 0.717) is 0 Å². The zero-order chi connectivity index (χ0) is 12.2. The monoisotopic (exact) mass is 234 g/mol. The summed E-state index contributed by atoms with van der Waals surface area (Å²) in [5.41, 5.74) is 0.537. The van der Waals surface area contributed by atoms with Gasteiger partial charge in [0.25, 0.3) is 5.56 Å². The smallest absolute Gasteiger partial charge is 0.312 e. The number of pyridine rings is 1. The lowest BCUT2D eigenvalue weighted by molar-refractivity contribution is -0.124. The molecule has 16 heavy (non-hydrogen) atoms. The molecule has 0 bridgehead atoms. The van der Waals surface area contributed by atoms with Crippen molar-refractivity contribution >= 4 is 0 Å². The second-order valence-electron chi connectivity index (χ2n) is 3.45. The van der Waals surface area contributed by atoms with Crippen molar-refractivity contribution in [3.63, 3.8) is 0 Å². The molecule has 0 fully saturated rings. The lowest BCUT2D eigenvalue weighted by Crippen LogP contribution is -2.33. The lowest BCUT2D eigenvalue weighted by Gasteiger charge is -2.11. The van der Waals surface area contributed by atoms with Gasteiger partial charge in [0, 0.05) is 24.8 Å². The molecule has 0 aromatic carbocycles. The fourth-order valence-corrected chi connectivity index (χ4v) is 1.33. The van der Waals surface area contributed by atoms with Crippen molar-refractivity contribution in [3.8, 4) is 0 Å². The van der Waals surface area contributed by atoms with Gasteiger partial charge in [0.2, 0.25) is 0 Å². The molecule has 3 nitrogen and oxygen atoms in total. The summed E-state index contributed by atoms with van der Waals surface area (Å²) in [5.74, 6) is 0. The second-order valence-corrected chi connectivity index (χ2v) is 3.45. The molecule has 0 atom stereocenters. The van der Waals surface area contributed by atoms with Gasteiger partial charge in [-0.2, -0.15) is 13.2 Å². The molecule has 0 aliphatic rings. The van der Waals surface area contributed by atoms with Gasteiger partial charge in [-0.25, -0.2) is 0 Å². The van der Waals surface area contributed by atoms with Crippen molar-refractivity contribution < 1.29 is 13.2 Å². The van der Waals surface area contributed by atoms with Crippen LogP contribution in [-0.4, -0.2) is 23.8 Å². The topological polar surface area (TPSA) is 34.0 Å². The summed E-state index contributed by atoms with van der Waals surface area (Å²) >= 11 is 0. The van der Waals surface area contributed by atoms with E-state index in [1.54, 1.807) is 19.1 Å². The van der Waals surface area contributed by atoms with E-state index in [2.05, 4.69) is 5.32 Å². The van der Waals surface area contributed by atoms with E-state index >= 15 is 0 Å². The first kappa shape index (κ1) is 12.8. The molecule has 6 heteroatoms. The van der Waals surface area contributed by atoms with Gasteiger partial charge in [-0.1, -0.05) is 6.07 Å². The van der Waals surface area contributed by atoms with E-state index < -0.39 is 12.7 Å². The highest BCUT2D eigenvalue weighted by atomic mass is 19.4. The zero-order valence-electron chi connectivity index (χ0n) is 8.84. The third-order valence-electron chi connectivity index (χ3n) is 2.11. The van der Waals surface area contributed by atoms with Crippen LogP contribution >= 0.6 is 0 Å². The third-order valence-corrected chi connectivity index (χ3v) is 2.11. The van der Waals surface area contributed by atoms with E-state index in [1.165, 1.54) is 10.6 Å². The van der Waals surface area contributed by atoms with Crippen molar-refractivity contribution in [2.75, 3.05) is 13.1 Å². The van der Waals surface area contributed by atoms with Gasteiger partial charge in [-0.15, -0.1) is 0 Å². The van der Waals surface area contributed by atoms with Gasteiger partial charge >= 0.3 is 6.18 Å². The molecule has 1 N–H and O–H groups in total. The summed E-state index contributed by atoms with van der Waals surface area (Å²) in [6.07, 6.45) is -4.21. The van der Waals surface area contributed by atoms with Gasteiger partial charge in [0.05, 0.1) is 6.54 Å². The molecule has 0 aliphatic carbocycles. The highest BCUT2D eigenvalue weighted by molar-refractivity contribution is 5.04. The number of hydrogen-bond donors (Lipinski definition) is 1.